The van der Waals surface area contributed by atoms with E-state index in [0.29, 0.717) is 28.3 Å². The van der Waals surface area contributed by atoms with Crippen molar-refractivity contribution in [3.63, 3.8) is 0 Å². The van der Waals surface area contributed by atoms with Gasteiger partial charge in [0, 0.05) is 18.6 Å². The molecule has 140 valence electrons. The second-order valence-electron chi connectivity index (χ2n) is 5.83. The number of carbonyl (C=O) groups excluding carboxylic acids is 1. The van der Waals surface area contributed by atoms with Gasteiger partial charge in [0.25, 0.3) is 0 Å². The number of amides is 1. The Bertz CT molecular complexity index is 871. The zero-order valence-corrected chi connectivity index (χ0v) is 16.3. The van der Waals surface area contributed by atoms with E-state index in [1.165, 1.54) is 11.8 Å². The predicted octanol–water partition coefficient (Wildman–Crippen LogP) is 3.79. The quantitative estimate of drug-likeness (QED) is 0.580. The maximum Gasteiger partial charge on any atom is 0.233 e. The van der Waals surface area contributed by atoms with Gasteiger partial charge in [0.1, 0.15) is 12.4 Å². The van der Waals surface area contributed by atoms with E-state index >= 15 is 0 Å². The number of hydrogen-bond donors (Lipinski definition) is 1. The fourth-order valence-electron chi connectivity index (χ4n) is 2.27. The lowest BCUT2D eigenvalue weighted by Gasteiger charge is -2.16. The van der Waals surface area contributed by atoms with Gasteiger partial charge in [-0.25, -0.2) is 4.98 Å². The van der Waals surface area contributed by atoms with Gasteiger partial charge in [-0.3, -0.25) is 9.89 Å². The summed E-state index contributed by atoms with van der Waals surface area (Å²) in [6.07, 6.45) is 0. The smallest absolute Gasteiger partial charge is 0.233 e. The van der Waals surface area contributed by atoms with Crippen LogP contribution in [0.25, 0.3) is 0 Å². The van der Waals surface area contributed by atoms with Crippen molar-refractivity contribution >= 4 is 29.3 Å². The van der Waals surface area contributed by atoms with Gasteiger partial charge in [0.2, 0.25) is 11.1 Å². The third kappa shape index (κ3) is 6.01. The third-order valence-electron chi connectivity index (χ3n) is 3.71. The van der Waals surface area contributed by atoms with Gasteiger partial charge >= 0.3 is 0 Å². The molecular formula is C19H19ClN4O2S. The highest BCUT2D eigenvalue weighted by atomic mass is 35.5. The Kier molecular flexibility index (Phi) is 6.73. The van der Waals surface area contributed by atoms with Crippen LogP contribution in [0.4, 0.5) is 0 Å². The molecule has 3 aromatic rings. The summed E-state index contributed by atoms with van der Waals surface area (Å²) in [5.74, 6) is 1.59. The lowest BCUT2D eigenvalue weighted by atomic mass is 10.2. The number of ether oxygens (including phenoxy) is 1. The lowest BCUT2D eigenvalue weighted by molar-refractivity contribution is -0.127. The van der Waals surface area contributed by atoms with Crippen LogP contribution in [-0.2, 0) is 17.9 Å². The Morgan fingerprint density at radius 2 is 1.93 bits per heavy atom. The van der Waals surface area contributed by atoms with E-state index in [4.69, 9.17) is 16.3 Å². The van der Waals surface area contributed by atoms with E-state index in [9.17, 15) is 4.79 Å². The van der Waals surface area contributed by atoms with Crippen LogP contribution in [0, 0.1) is 0 Å². The normalized spacial score (nSPS) is 10.6. The number of hydrogen-bond acceptors (Lipinski definition) is 5. The number of aromatic nitrogens is 3. The Balaban J connectivity index is 1.44. The van der Waals surface area contributed by atoms with Gasteiger partial charge in [-0.05, 0) is 29.8 Å². The fourth-order valence-corrected chi connectivity index (χ4v) is 3.16. The Hall–Kier alpha value is -2.51. The highest BCUT2D eigenvalue weighted by Gasteiger charge is 2.12. The molecule has 1 amide bonds. The first-order valence-electron chi connectivity index (χ1n) is 8.30. The number of thioether (sulfide) groups is 1. The van der Waals surface area contributed by atoms with Gasteiger partial charge in [0.15, 0.2) is 5.82 Å². The van der Waals surface area contributed by atoms with Crippen LogP contribution >= 0.6 is 23.4 Å². The average Bonchev–Trinajstić information content (AvgIpc) is 3.14. The largest absolute Gasteiger partial charge is 0.486 e. The van der Waals surface area contributed by atoms with E-state index in [1.54, 1.807) is 36.2 Å². The van der Waals surface area contributed by atoms with Crippen LogP contribution in [0.2, 0.25) is 5.02 Å². The molecule has 0 bridgehead atoms. The molecule has 0 fully saturated rings. The Morgan fingerprint density at radius 3 is 2.67 bits per heavy atom. The molecule has 27 heavy (non-hydrogen) atoms. The van der Waals surface area contributed by atoms with E-state index in [1.807, 2.05) is 30.3 Å². The predicted molar refractivity (Wildman–Crippen MR) is 106 cm³/mol. The number of rotatable bonds is 8. The minimum Gasteiger partial charge on any atom is -0.486 e. The van der Waals surface area contributed by atoms with Gasteiger partial charge in [0.05, 0.1) is 5.75 Å². The Labute approximate surface area is 166 Å². The molecule has 0 saturated carbocycles. The van der Waals surface area contributed by atoms with E-state index < -0.39 is 0 Å². The van der Waals surface area contributed by atoms with Gasteiger partial charge in [-0.1, -0.05) is 53.7 Å². The topological polar surface area (TPSA) is 71.1 Å². The summed E-state index contributed by atoms with van der Waals surface area (Å²) < 4.78 is 5.61. The van der Waals surface area contributed by atoms with Gasteiger partial charge < -0.3 is 9.64 Å². The van der Waals surface area contributed by atoms with Crippen molar-refractivity contribution in [2.75, 3.05) is 12.8 Å². The molecule has 0 radical (unpaired) electrons. The number of aromatic amines is 1. The molecular weight excluding hydrogens is 384 g/mol. The van der Waals surface area contributed by atoms with Crippen LogP contribution in [0.5, 0.6) is 5.75 Å². The number of nitrogens with zero attached hydrogens (tertiary/aromatic N) is 3. The minimum atomic E-state index is 0.0209. The van der Waals surface area contributed by atoms with Gasteiger partial charge in [-0.2, -0.15) is 0 Å². The summed E-state index contributed by atoms with van der Waals surface area (Å²) in [6.45, 7) is 0.839. The van der Waals surface area contributed by atoms with Crippen molar-refractivity contribution in [3.05, 3.63) is 71.0 Å². The summed E-state index contributed by atoms with van der Waals surface area (Å²) in [6, 6.07) is 17.0. The standard InChI is InChI=1S/C19H19ClN4O2S/c1-24(11-14-5-3-2-4-6-14)18(25)13-27-19-21-17(22-23-19)12-26-16-9-7-15(20)8-10-16/h2-10H,11-13H2,1H3,(H,21,22,23). The first kappa shape index (κ1) is 19.3. The number of halogens is 1. The molecule has 3 rings (SSSR count). The van der Waals surface area contributed by atoms with Crippen molar-refractivity contribution in [1.82, 2.24) is 20.1 Å². The van der Waals surface area contributed by atoms with Crippen molar-refractivity contribution in [3.8, 4) is 5.75 Å². The molecule has 1 aromatic heterocycles. The van der Waals surface area contributed by atoms with Crippen molar-refractivity contribution in [2.45, 2.75) is 18.3 Å². The third-order valence-corrected chi connectivity index (χ3v) is 4.80. The molecule has 0 saturated heterocycles. The van der Waals surface area contributed by atoms with Crippen molar-refractivity contribution < 1.29 is 9.53 Å². The van der Waals surface area contributed by atoms with E-state index in [0.717, 1.165) is 5.56 Å². The maximum absolute atomic E-state index is 12.3. The summed E-state index contributed by atoms with van der Waals surface area (Å²) in [4.78, 5) is 18.3. The van der Waals surface area contributed by atoms with E-state index in [2.05, 4.69) is 15.2 Å². The van der Waals surface area contributed by atoms with Crippen molar-refractivity contribution in [2.24, 2.45) is 0 Å². The fraction of sp³-hybridized carbons (Fsp3) is 0.211. The monoisotopic (exact) mass is 402 g/mol. The molecule has 2 aromatic carbocycles. The molecule has 0 spiro atoms. The summed E-state index contributed by atoms with van der Waals surface area (Å²) in [5, 5.41) is 8.11. The number of nitrogens with one attached hydrogen (secondary N) is 1. The van der Waals surface area contributed by atoms with E-state index in [-0.39, 0.29) is 18.3 Å². The molecule has 0 atom stereocenters. The second kappa shape index (κ2) is 9.43. The molecule has 0 aliphatic carbocycles. The molecule has 8 heteroatoms. The van der Waals surface area contributed by atoms with Gasteiger partial charge in [-0.15, -0.1) is 5.10 Å². The Morgan fingerprint density at radius 1 is 1.19 bits per heavy atom. The lowest BCUT2D eigenvalue weighted by Crippen LogP contribution is -2.27. The summed E-state index contributed by atoms with van der Waals surface area (Å²) in [5.41, 5.74) is 1.10. The highest BCUT2D eigenvalue weighted by molar-refractivity contribution is 7.99. The SMILES string of the molecule is CN(Cc1ccccc1)C(=O)CSc1n[nH]c(COc2ccc(Cl)cc2)n1. The zero-order chi connectivity index (χ0) is 19.1. The first-order chi connectivity index (χ1) is 13.1. The second-order valence-corrected chi connectivity index (χ2v) is 7.21. The number of carbonyl (C=O) groups is 1. The molecule has 0 unspecified atom stereocenters. The molecule has 0 aliphatic heterocycles. The van der Waals surface area contributed by atoms with Crippen LogP contribution in [0.1, 0.15) is 11.4 Å². The van der Waals surface area contributed by atoms with Crippen LogP contribution in [-0.4, -0.2) is 38.8 Å². The van der Waals surface area contributed by atoms with Crippen molar-refractivity contribution in [1.29, 1.82) is 0 Å². The minimum absolute atomic E-state index is 0.0209. The first-order valence-corrected chi connectivity index (χ1v) is 9.67. The number of H-pyrrole nitrogens is 1. The number of benzene rings is 2. The zero-order valence-electron chi connectivity index (χ0n) is 14.8. The van der Waals surface area contributed by atoms with Crippen LogP contribution < -0.4 is 4.74 Å². The molecule has 0 aliphatic rings. The molecule has 1 heterocycles. The van der Waals surface area contributed by atoms with Crippen LogP contribution in [0.15, 0.2) is 59.8 Å². The molecule has 6 nitrogen and oxygen atoms in total. The van der Waals surface area contributed by atoms with Crippen LogP contribution in [0.3, 0.4) is 0 Å². The summed E-state index contributed by atoms with van der Waals surface area (Å²) >= 11 is 7.14. The average molecular weight is 403 g/mol. The highest BCUT2D eigenvalue weighted by Crippen LogP contribution is 2.17. The maximum atomic E-state index is 12.3. The molecule has 1 N–H and O–H groups in total. The summed E-state index contributed by atoms with van der Waals surface area (Å²) in [7, 11) is 1.79.